The molecule has 3 heterocycles. The van der Waals surface area contributed by atoms with Crippen LogP contribution in [-0.4, -0.2) is 58.3 Å². The smallest absolute Gasteiger partial charge is 0.251 e. The van der Waals surface area contributed by atoms with Crippen molar-refractivity contribution in [3.8, 4) is 17.1 Å². The van der Waals surface area contributed by atoms with E-state index in [1.165, 1.54) is 5.57 Å². The van der Waals surface area contributed by atoms with Crippen LogP contribution in [0.4, 0.5) is 0 Å². The Morgan fingerprint density at radius 2 is 2.11 bits per heavy atom. The Labute approximate surface area is 206 Å². The minimum atomic E-state index is -0.0523. The average molecular weight is 472 g/mol. The predicted octanol–water partition coefficient (Wildman–Crippen LogP) is 4.74. The number of fused-ring (bicyclic) bond motifs is 1. The van der Waals surface area contributed by atoms with Crippen molar-refractivity contribution in [2.45, 2.75) is 45.3 Å². The van der Waals surface area contributed by atoms with Crippen LogP contribution in [0.3, 0.4) is 0 Å². The first-order valence-corrected chi connectivity index (χ1v) is 12.4. The van der Waals surface area contributed by atoms with Crippen LogP contribution in [0.15, 0.2) is 60.3 Å². The van der Waals surface area contributed by atoms with Crippen molar-refractivity contribution in [2.24, 2.45) is 5.92 Å². The number of likely N-dealkylation sites (tertiary alicyclic amines) is 1. The maximum absolute atomic E-state index is 13.4. The fraction of sp³-hybridized carbons (Fsp3) is 0.393. The van der Waals surface area contributed by atoms with Crippen LogP contribution in [0.25, 0.3) is 22.2 Å². The van der Waals surface area contributed by atoms with E-state index in [4.69, 9.17) is 4.74 Å². The number of aromatic amines is 1. The maximum Gasteiger partial charge on any atom is 0.251 e. The molecule has 0 bridgehead atoms. The molecule has 35 heavy (non-hydrogen) atoms. The SMILES string of the molecule is CC(C)Oc1ccc(-c2n[nH]c3ccc(C(=O)N[C@@H]4CN(C)CC[C@H]4C4=CCCC=C4)cc23)cn1. The zero-order chi connectivity index (χ0) is 24.4. The summed E-state index contributed by atoms with van der Waals surface area (Å²) in [7, 11) is 2.12. The molecule has 2 aliphatic rings. The minimum Gasteiger partial charge on any atom is -0.475 e. The largest absolute Gasteiger partial charge is 0.475 e. The van der Waals surface area contributed by atoms with E-state index >= 15 is 0 Å². The van der Waals surface area contributed by atoms with Crippen LogP contribution in [-0.2, 0) is 0 Å². The zero-order valence-corrected chi connectivity index (χ0v) is 20.6. The first-order valence-electron chi connectivity index (χ1n) is 12.4. The molecule has 1 aliphatic carbocycles. The fourth-order valence-electron chi connectivity index (χ4n) is 5.03. The quantitative estimate of drug-likeness (QED) is 0.543. The summed E-state index contributed by atoms with van der Waals surface area (Å²) in [6.07, 6.45) is 11.9. The number of amides is 1. The monoisotopic (exact) mass is 471 g/mol. The third kappa shape index (κ3) is 5.15. The Bertz CT molecular complexity index is 1260. The highest BCUT2D eigenvalue weighted by Gasteiger charge is 2.31. The fourth-order valence-corrected chi connectivity index (χ4v) is 5.03. The molecule has 7 heteroatoms. The number of H-pyrrole nitrogens is 1. The second kappa shape index (κ2) is 10.0. The summed E-state index contributed by atoms with van der Waals surface area (Å²) in [5, 5.41) is 11.8. The number of benzene rings is 1. The van der Waals surface area contributed by atoms with Gasteiger partial charge in [0.15, 0.2) is 0 Å². The topological polar surface area (TPSA) is 83.1 Å². The van der Waals surface area contributed by atoms with Crippen LogP contribution in [0, 0.1) is 5.92 Å². The van der Waals surface area contributed by atoms with E-state index in [9.17, 15) is 4.79 Å². The highest BCUT2D eigenvalue weighted by atomic mass is 16.5. The first kappa shape index (κ1) is 23.3. The van der Waals surface area contributed by atoms with Crippen LogP contribution in [0.5, 0.6) is 5.88 Å². The number of hydrogen-bond acceptors (Lipinski definition) is 5. The molecule has 1 amide bonds. The molecule has 2 aromatic heterocycles. The summed E-state index contributed by atoms with van der Waals surface area (Å²) in [5.74, 6) is 0.875. The molecule has 2 atom stereocenters. The van der Waals surface area contributed by atoms with Gasteiger partial charge in [-0.25, -0.2) is 4.98 Å². The van der Waals surface area contributed by atoms with Crippen LogP contribution in [0.2, 0.25) is 0 Å². The van der Waals surface area contributed by atoms with E-state index in [1.807, 2.05) is 44.2 Å². The van der Waals surface area contributed by atoms with Crippen LogP contribution in [0.1, 0.15) is 43.5 Å². The van der Waals surface area contributed by atoms with Crippen molar-refractivity contribution < 1.29 is 9.53 Å². The number of piperidine rings is 1. The lowest BCUT2D eigenvalue weighted by Crippen LogP contribution is -2.52. The molecule has 182 valence electrons. The molecule has 3 aromatic rings. The van der Waals surface area contributed by atoms with E-state index in [0.29, 0.717) is 17.4 Å². The number of rotatable bonds is 6. The highest BCUT2D eigenvalue weighted by Crippen LogP contribution is 2.30. The standard InChI is InChI=1S/C28H33N5O2/c1-18(2)35-26-12-10-21(16-29-26)27-23-15-20(9-11-24(23)31-32-27)28(34)30-25-17-33(3)14-13-22(25)19-7-5-4-6-8-19/h5,7-12,15-16,18,22,25H,4,6,13-14,17H2,1-3H3,(H,30,34)(H,31,32)/t22-,25+/m0/s1. The molecule has 2 N–H and O–H groups in total. The van der Waals surface area contributed by atoms with Gasteiger partial charge < -0.3 is 15.0 Å². The number of carbonyl (C=O) groups excluding carboxylic acids is 1. The molecule has 1 aliphatic heterocycles. The van der Waals surface area contributed by atoms with Crippen molar-refractivity contribution >= 4 is 16.8 Å². The average Bonchev–Trinajstić information content (AvgIpc) is 3.28. The van der Waals surface area contributed by atoms with Gasteiger partial charge in [-0.15, -0.1) is 0 Å². The minimum absolute atomic E-state index is 0.0523. The summed E-state index contributed by atoms with van der Waals surface area (Å²) < 4.78 is 5.65. The van der Waals surface area contributed by atoms with Gasteiger partial charge in [-0.3, -0.25) is 9.89 Å². The maximum atomic E-state index is 13.4. The summed E-state index contributed by atoms with van der Waals surface area (Å²) in [6, 6.07) is 9.57. The van der Waals surface area contributed by atoms with Crippen molar-refractivity contribution in [2.75, 3.05) is 20.1 Å². The van der Waals surface area contributed by atoms with E-state index < -0.39 is 0 Å². The van der Waals surface area contributed by atoms with Crippen molar-refractivity contribution in [1.29, 1.82) is 0 Å². The third-order valence-corrected chi connectivity index (χ3v) is 6.78. The van der Waals surface area contributed by atoms with E-state index in [2.05, 4.69) is 50.7 Å². The molecule has 0 unspecified atom stereocenters. The zero-order valence-electron chi connectivity index (χ0n) is 20.6. The van der Waals surface area contributed by atoms with Gasteiger partial charge in [0.05, 0.1) is 11.6 Å². The predicted molar refractivity (Wildman–Crippen MR) is 138 cm³/mol. The number of likely N-dealkylation sites (N-methyl/N-ethyl adjacent to an activating group) is 1. The number of nitrogens with one attached hydrogen (secondary N) is 2. The molecule has 7 nitrogen and oxygen atoms in total. The van der Waals surface area contributed by atoms with Crippen molar-refractivity contribution in [1.82, 2.24) is 25.4 Å². The number of allylic oxidation sites excluding steroid dienone is 3. The van der Waals surface area contributed by atoms with E-state index in [0.717, 1.165) is 54.5 Å². The lowest BCUT2D eigenvalue weighted by molar-refractivity contribution is 0.0888. The second-order valence-electron chi connectivity index (χ2n) is 9.81. The summed E-state index contributed by atoms with van der Waals surface area (Å²) in [5.41, 5.74) is 4.51. The van der Waals surface area contributed by atoms with Gasteiger partial charge in [0.2, 0.25) is 5.88 Å². The summed E-state index contributed by atoms with van der Waals surface area (Å²) in [6.45, 7) is 5.83. The van der Waals surface area contributed by atoms with Gasteiger partial charge >= 0.3 is 0 Å². The molecule has 1 fully saturated rings. The Morgan fingerprint density at radius 1 is 1.23 bits per heavy atom. The molecule has 1 saturated heterocycles. The normalized spacial score (nSPS) is 20.7. The Hall–Kier alpha value is -3.45. The van der Waals surface area contributed by atoms with E-state index in [-0.39, 0.29) is 18.1 Å². The van der Waals surface area contributed by atoms with Crippen LogP contribution >= 0.6 is 0 Å². The van der Waals surface area contributed by atoms with Gasteiger partial charge in [0.25, 0.3) is 5.91 Å². The number of ether oxygens (including phenoxy) is 1. The van der Waals surface area contributed by atoms with Gasteiger partial charge in [-0.2, -0.15) is 5.10 Å². The summed E-state index contributed by atoms with van der Waals surface area (Å²) >= 11 is 0. The van der Waals surface area contributed by atoms with Crippen molar-refractivity contribution in [3.63, 3.8) is 0 Å². The van der Waals surface area contributed by atoms with E-state index in [1.54, 1.807) is 6.20 Å². The van der Waals surface area contributed by atoms with Crippen LogP contribution < -0.4 is 10.1 Å². The molecular weight excluding hydrogens is 438 g/mol. The molecule has 1 aromatic carbocycles. The van der Waals surface area contributed by atoms with Gasteiger partial charge in [0, 0.05) is 47.3 Å². The molecule has 0 radical (unpaired) electrons. The van der Waals surface area contributed by atoms with Gasteiger partial charge in [-0.1, -0.05) is 18.2 Å². The molecule has 5 rings (SSSR count). The van der Waals surface area contributed by atoms with Gasteiger partial charge in [0.1, 0.15) is 5.69 Å². The summed E-state index contributed by atoms with van der Waals surface area (Å²) in [4.78, 5) is 20.1. The molecule has 0 saturated carbocycles. The van der Waals surface area contributed by atoms with Gasteiger partial charge in [-0.05, 0) is 76.5 Å². The Morgan fingerprint density at radius 3 is 2.86 bits per heavy atom. The molecule has 0 spiro atoms. The third-order valence-electron chi connectivity index (χ3n) is 6.78. The number of hydrogen-bond donors (Lipinski definition) is 2. The number of pyridine rings is 1. The Balaban J connectivity index is 1.38. The first-order chi connectivity index (χ1) is 17.0. The Kier molecular flexibility index (Phi) is 6.68. The van der Waals surface area contributed by atoms with Crippen molar-refractivity contribution in [3.05, 3.63) is 65.9 Å². The highest BCUT2D eigenvalue weighted by molar-refractivity contribution is 6.01. The lowest BCUT2D eigenvalue weighted by atomic mass is 9.82. The lowest BCUT2D eigenvalue weighted by Gasteiger charge is -2.38. The number of aromatic nitrogens is 3. The number of carbonyl (C=O) groups is 1. The number of nitrogens with zero attached hydrogens (tertiary/aromatic N) is 3. The second-order valence-corrected chi connectivity index (χ2v) is 9.81. The molecular formula is C28H33N5O2.